The number of nitrogen functional groups attached to an aromatic ring is 1. The summed E-state index contributed by atoms with van der Waals surface area (Å²) in [4.78, 5) is 32.2. The molecule has 4 N–H and O–H groups in total. The summed E-state index contributed by atoms with van der Waals surface area (Å²) < 4.78 is 0. The van der Waals surface area contributed by atoms with Crippen molar-refractivity contribution >= 4 is 28.5 Å². The van der Waals surface area contributed by atoms with Gasteiger partial charge in [0.2, 0.25) is 0 Å². The molecule has 1 saturated heterocycles. The van der Waals surface area contributed by atoms with Crippen LogP contribution in [0.2, 0.25) is 0 Å². The number of nitrogens with two attached hydrogens (primary N) is 1. The van der Waals surface area contributed by atoms with Gasteiger partial charge in [-0.1, -0.05) is 6.07 Å². The van der Waals surface area contributed by atoms with Crippen LogP contribution in [0, 0.1) is 0 Å². The van der Waals surface area contributed by atoms with Crippen LogP contribution in [0.15, 0.2) is 41.6 Å². The second-order valence-corrected chi connectivity index (χ2v) is 10.2. The van der Waals surface area contributed by atoms with Crippen LogP contribution >= 0.6 is 0 Å². The van der Waals surface area contributed by atoms with Gasteiger partial charge in [-0.15, -0.1) is 0 Å². The van der Waals surface area contributed by atoms with Gasteiger partial charge in [0, 0.05) is 41.7 Å². The van der Waals surface area contributed by atoms with E-state index in [9.17, 15) is 9.59 Å². The number of pyridine rings is 1. The lowest BCUT2D eigenvalue weighted by Crippen LogP contribution is -2.59. The number of hydrogen-bond acceptors (Lipinski definition) is 6. The second kappa shape index (κ2) is 7.20. The Hall–Kier alpha value is -3.13. The molecule has 2 amide bonds. The number of anilines is 1. The minimum atomic E-state index is -0.276. The van der Waals surface area contributed by atoms with E-state index in [1.54, 1.807) is 6.07 Å². The van der Waals surface area contributed by atoms with Crippen molar-refractivity contribution in [3.05, 3.63) is 47.2 Å². The van der Waals surface area contributed by atoms with Gasteiger partial charge in [0.25, 0.3) is 11.8 Å². The number of hydrogen-bond donors (Lipinski definition) is 3. The zero-order valence-electron chi connectivity index (χ0n) is 18.9. The molecule has 1 spiro atoms. The molecular weight excluding hydrogens is 404 g/mol. The molecule has 0 unspecified atom stereocenters. The summed E-state index contributed by atoms with van der Waals surface area (Å²) in [5.41, 5.74) is 12.0. The lowest BCUT2D eigenvalue weighted by Gasteiger charge is -2.44. The normalized spacial score (nSPS) is 21.0. The Morgan fingerprint density at radius 1 is 1.16 bits per heavy atom. The third kappa shape index (κ3) is 3.58. The van der Waals surface area contributed by atoms with Crippen molar-refractivity contribution < 1.29 is 9.59 Å². The first-order chi connectivity index (χ1) is 15.1. The molecule has 4 heterocycles. The number of amides is 2. The molecule has 0 atom stereocenters. The van der Waals surface area contributed by atoms with Crippen LogP contribution in [0.3, 0.4) is 0 Å². The number of carbonyl (C=O) groups excluding carboxylic acids is 2. The fraction of sp³-hybridized carbons (Fsp3) is 0.458. The van der Waals surface area contributed by atoms with Gasteiger partial charge in [-0.25, -0.2) is 9.99 Å². The number of nitrogens with zero attached hydrogens (tertiary/aromatic N) is 3. The molecular formula is C24H30N6O2. The largest absolute Gasteiger partial charge is 0.384 e. The first-order valence-electron chi connectivity index (χ1n) is 11.2. The smallest absolute Gasteiger partial charge is 0.269 e. The Kier molecular flexibility index (Phi) is 4.67. The Balaban J connectivity index is 1.28. The highest BCUT2D eigenvalue weighted by molar-refractivity contribution is 5.98. The fourth-order valence-corrected chi connectivity index (χ4v) is 4.93. The summed E-state index contributed by atoms with van der Waals surface area (Å²) in [6.45, 7) is 8.37. The molecule has 1 fully saturated rings. The van der Waals surface area contributed by atoms with Crippen molar-refractivity contribution in [3.63, 3.8) is 0 Å². The van der Waals surface area contributed by atoms with E-state index in [1.807, 2.05) is 29.2 Å². The van der Waals surface area contributed by atoms with E-state index in [0.29, 0.717) is 30.2 Å². The summed E-state index contributed by atoms with van der Waals surface area (Å²) in [7, 11) is 0. The van der Waals surface area contributed by atoms with Gasteiger partial charge in [0.1, 0.15) is 11.5 Å². The molecule has 8 heteroatoms. The number of likely N-dealkylation sites (tertiary alicyclic amines) is 1. The molecule has 32 heavy (non-hydrogen) atoms. The van der Waals surface area contributed by atoms with E-state index in [-0.39, 0.29) is 22.9 Å². The van der Waals surface area contributed by atoms with Gasteiger partial charge < -0.3 is 21.4 Å². The Morgan fingerprint density at radius 2 is 1.88 bits per heavy atom. The molecule has 0 bridgehead atoms. The van der Waals surface area contributed by atoms with Crippen LogP contribution < -0.4 is 16.5 Å². The molecule has 168 valence electrons. The maximum Gasteiger partial charge on any atom is 0.269 e. The molecule has 8 nitrogen and oxygen atoms in total. The zero-order valence-corrected chi connectivity index (χ0v) is 18.9. The van der Waals surface area contributed by atoms with Crippen LogP contribution in [-0.4, -0.2) is 57.4 Å². The van der Waals surface area contributed by atoms with E-state index in [2.05, 4.69) is 41.5 Å². The van der Waals surface area contributed by atoms with Crippen molar-refractivity contribution in [2.45, 2.75) is 51.1 Å². The van der Waals surface area contributed by atoms with Crippen LogP contribution in [0.4, 0.5) is 5.82 Å². The number of rotatable bonds is 1. The highest BCUT2D eigenvalue weighted by atomic mass is 16.2. The summed E-state index contributed by atoms with van der Waals surface area (Å²) >= 11 is 0. The van der Waals surface area contributed by atoms with Crippen molar-refractivity contribution in [3.8, 4) is 0 Å². The standard InChI is InChI=1S/C24H30N6O2/c1-23(2,3)30-14-17-13-24(27-21(31)20(17)28-30)8-10-29(11-9-24)22(32)16-5-4-15-6-7-19(25)26-18(15)12-16/h4-7,12,28H,8-11,13-14H2,1-3H3,(H2,25,26)(H,27,31). The number of piperidine rings is 1. The third-order valence-corrected chi connectivity index (χ3v) is 6.88. The Bertz CT molecular complexity index is 1140. The molecule has 1 aromatic heterocycles. The fourth-order valence-electron chi connectivity index (χ4n) is 4.93. The molecule has 3 aliphatic rings. The predicted molar refractivity (Wildman–Crippen MR) is 123 cm³/mol. The van der Waals surface area contributed by atoms with Crippen molar-refractivity contribution in [1.29, 1.82) is 0 Å². The molecule has 2 aromatic rings. The van der Waals surface area contributed by atoms with Gasteiger partial charge in [0.05, 0.1) is 5.52 Å². The van der Waals surface area contributed by atoms with E-state index in [0.717, 1.165) is 36.7 Å². The molecule has 0 aliphatic carbocycles. The van der Waals surface area contributed by atoms with E-state index >= 15 is 0 Å². The molecule has 0 radical (unpaired) electrons. The van der Waals surface area contributed by atoms with Gasteiger partial charge in [-0.3, -0.25) is 9.59 Å². The van der Waals surface area contributed by atoms with Gasteiger partial charge in [-0.05, 0) is 69.9 Å². The number of nitrogens with one attached hydrogen (secondary N) is 2. The Morgan fingerprint density at radius 3 is 2.59 bits per heavy atom. The lowest BCUT2D eigenvalue weighted by molar-refractivity contribution is -0.121. The monoisotopic (exact) mass is 434 g/mol. The van der Waals surface area contributed by atoms with Crippen LogP contribution in [0.25, 0.3) is 10.9 Å². The van der Waals surface area contributed by atoms with Crippen LogP contribution in [0.5, 0.6) is 0 Å². The first-order valence-corrected chi connectivity index (χ1v) is 11.2. The molecule has 1 aromatic carbocycles. The van der Waals surface area contributed by atoms with Crippen LogP contribution in [-0.2, 0) is 4.79 Å². The zero-order chi connectivity index (χ0) is 22.7. The van der Waals surface area contributed by atoms with Crippen molar-refractivity contribution in [2.75, 3.05) is 25.4 Å². The quantitative estimate of drug-likeness (QED) is 0.636. The molecule has 0 saturated carbocycles. The minimum absolute atomic E-state index is 0.00513. The number of aromatic nitrogens is 1. The molecule has 5 rings (SSSR count). The van der Waals surface area contributed by atoms with Crippen LogP contribution in [0.1, 0.15) is 50.4 Å². The average Bonchev–Trinajstić information content (AvgIpc) is 3.18. The van der Waals surface area contributed by atoms with Gasteiger partial charge in [0.15, 0.2) is 0 Å². The maximum atomic E-state index is 13.2. The summed E-state index contributed by atoms with van der Waals surface area (Å²) in [5, 5.41) is 6.33. The van der Waals surface area contributed by atoms with E-state index in [1.165, 1.54) is 5.57 Å². The van der Waals surface area contributed by atoms with E-state index in [4.69, 9.17) is 5.73 Å². The number of hydrazine groups is 1. The average molecular weight is 435 g/mol. The van der Waals surface area contributed by atoms with Crippen molar-refractivity contribution in [1.82, 2.24) is 25.6 Å². The summed E-state index contributed by atoms with van der Waals surface area (Å²) in [6.07, 6.45) is 2.32. The summed E-state index contributed by atoms with van der Waals surface area (Å²) in [6, 6.07) is 9.22. The highest BCUT2D eigenvalue weighted by Crippen LogP contribution is 2.37. The maximum absolute atomic E-state index is 13.2. The van der Waals surface area contributed by atoms with Gasteiger partial charge >= 0.3 is 0 Å². The Labute approximate surface area is 187 Å². The number of benzene rings is 1. The topological polar surface area (TPSA) is 104 Å². The third-order valence-electron chi connectivity index (χ3n) is 6.88. The van der Waals surface area contributed by atoms with Crippen molar-refractivity contribution in [2.24, 2.45) is 0 Å². The predicted octanol–water partition coefficient (Wildman–Crippen LogP) is 2.18. The summed E-state index contributed by atoms with van der Waals surface area (Å²) in [5.74, 6) is 0.403. The SMILES string of the molecule is CC(C)(C)N1CC2=C(N1)C(=O)NC1(CCN(C(=O)c3ccc4ccc(N)nc4c3)CC1)C2. The molecule has 3 aliphatic heterocycles. The van der Waals surface area contributed by atoms with E-state index < -0.39 is 0 Å². The highest BCUT2D eigenvalue weighted by Gasteiger charge is 2.45. The minimum Gasteiger partial charge on any atom is -0.384 e. The lowest BCUT2D eigenvalue weighted by atomic mass is 9.78. The first kappa shape index (κ1) is 20.8. The number of fused-ring (bicyclic) bond motifs is 1. The second-order valence-electron chi connectivity index (χ2n) is 10.2. The van der Waals surface area contributed by atoms with Gasteiger partial charge in [-0.2, -0.15) is 0 Å². The number of carbonyl (C=O) groups is 2.